The number of rotatable bonds is 10. The predicted molar refractivity (Wildman–Crippen MR) is 135 cm³/mol. The Morgan fingerprint density at radius 3 is 2.24 bits per heavy atom. The summed E-state index contributed by atoms with van der Waals surface area (Å²) in [5.74, 6) is 1.32. The van der Waals surface area contributed by atoms with Crippen molar-refractivity contribution in [1.82, 2.24) is 19.1 Å². The SMILES string of the molecule is CCCCNc1ncc2c(n1)n(Cc1ccc(OC)cc1)c(=O)n2Cc1ccc(CBr)cc1. The Balaban J connectivity index is 1.74. The maximum absolute atomic E-state index is 13.5. The molecule has 2 aromatic heterocycles. The molecule has 0 spiro atoms. The number of nitrogens with one attached hydrogen (secondary N) is 1. The molecule has 172 valence electrons. The number of halogens is 1. The van der Waals surface area contributed by atoms with Crippen LogP contribution in [0.5, 0.6) is 5.75 Å². The average molecular weight is 510 g/mol. The topological polar surface area (TPSA) is 74.0 Å². The monoisotopic (exact) mass is 509 g/mol. The standard InChI is InChI=1S/C25H28BrN5O2/c1-3-4-13-27-24-28-15-22-23(29-24)31(17-20-9-11-21(33-2)12-10-20)25(32)30(22)16-19-7-5-18(14-26)6-8-19/h5-12,15H,3-4,13-14,16-17H2,1-2H3,(H,27,28,29). The van der Waals surface area contributed by atoms with Crippen LogP contribution in [0.15, 0.2) is 59.5 Å². The normalized spacial score (nSPS) is 11.1. The van der Waals surface area contributed by atoms with E-state index in [1.807, 2.05) is 24.3 Å². The van der Waals surface area contributed by atoms with Crippen molar-refractivity contribution in [3.05, 3.63) is 81.9 Å². The van der Waals surface area contributed by atoms with Crippen molar-refractivity contribution in [1.29, 1.82) is 0 Å². The number of methoxy groups -OCH3 is 1. The van der Waals surface area contributed by atoms with Gasteiger partial charge in [0.1, 0.15) is 11.3 Å². The van der Waals surface area contributed by atoms with Gasteiger partial charge in [0.05, 0.1) is 26.4 Å². The minimum Gasteiger partial charge on any atom is -0.497 e. The molecule has 4 rings (SSSR count). The van der Waals surface area contributed by atoms with Crippen LogP contribution in [0, 0.1) is 0 Å². The number of anilines is 1. The van der Waals surface area contributed by atoms with Crippen LogP contribution in [-0.4, -0.2) is 32.8 Å². The zero-order chi connectivity index (χ0) is 23.2. The second-order valence-electron chi connectivity index (χ2n) is 7.94. The number of ether oxygens (including phenoxy) is 1. The van der Waals surface area contributed by atoms with Crippen molar-refractivity contribution in [3.8, 4) is 5.75 Å². The van der Waals surface area contributed by atoms with E-state index < -0.39 is 0 Å². The number of hydrogen-bond donors (Lipinski definition) is 1. The summed E-state index contributed by atoms with van der Waals surface area (Å²) in [7, 11) is 1.64. The van der Waals surface area contributed by atoms with E-state index in [4.69, 9.17) is 9.72 Å². The second kappa shape index (κ2) is 10.7. The molecule has 0 bridgehead atoms. The van der Waals surface area contributed by atoms with Gasteiger partial charge in [0, 0.05) is 11.9 Å². The zero-order valence-corrected chi connectivity index (χ0v) is 20.5. The Kier molecular flexibility index (Phi) is 7.44. The Hall–Kier alpha value is -3.13. The molecule has 0 amide bonds. The van der Waals surface area contributed by atoms with Crippen LogP contribution in [-0.2, 0) is 18.4 Å². The second-order valence-corrected chi connectivity index (χ2v) is 8.50. The Bertz CT molecular complexity index is 1260. The van der Waals surface area contributed by atoms with Crippen LogP contribution in [0.4, 0.5) is 5.95 Å². The molecule has 2 aromatic carbocycles. The van der Waals surface area contributed by atoms with E-state index in [-0.39, 0.29) is 5.69 Å². The molecular weight excluding hydrogens is 482 g/mol. The van der Waals surface area contributed by atoms with Gasteiger partial charge >= 0.3 is 5.69 Å². The van der Waals surface area contributed by atoms with Gasteiger partial charge in [-0.2, -0.15) is 4.98 Å². The third-order valence-electron chi connectivity index (χ3n) is 5.59. The first kappa shape index (κ1) is 23.0. The van der Waals surface area contributed by atoms with Gasteiger partial charge in [-0.25, -0.2) is 9.78 Å². The number of imidazole rings is 1. The molecule has 0 atom stereocenters. The predicted octanol–water partition coefficient (Wildman–Crippen LogP) is 4.81. The van der Waals surface area contributed by atoms with Crippen molar-refractivity contribution in [3.63, 3.8) is 0 Å². The lowest BCUT2D eigenvalue weighted by atomic mass is 10.1. The lowest BCUT2D eigenvalue weighted by Crippen LogP contribution is -2.25. The highest BCUT2D eigenvalue weighted by Crippen LogP contribution is 2.18. The number of fused-ring (bicyclic) bond motifs is 1. The van der Waals surface area contributed by atoms with E-state index in [2.05, 4.69) is 57.4 Å². The number of aromatic nitrogens is 4. The van der Waals surface area contributed by atoms with Gasteiger partial charge in [0.2, 0.25) is 5.95 Å². The molecule has 7 nitrogen and oxygen atoms in total. The molecule has 0 saturated carbocycles. The Labute approximate surface area is 201 Å². The fourth-order valence-electron chi connectivity index (χ4n) is 3.68. The van der Waals surface area contributed by atoms with Gasteiger partial charge in [-0.1, -0.05) is 65.7 Å². The summed E-state index contributed by atoms with van der Waals surface area (Å²) in [6, 6.07) is 16.0. The zero-order valence-electron chi connectivity index (χ0n) is 18.9. The van der Waals surface area contributed by atoms with E-state index in [9.17, 15) is 4.79 Å². The summed E-state index contributed by atoms with van der Waals surface area (Å²) in [5, 5.41) is 4.07. The van der Waals surface area contributed by atoms with Crippen molar-refractivity contribution < 1.29 is 4.74 Å². The van der Waals surface area contributed by atoms with Crippen LogP contribution in [0.3, 0.4) is 0 Å². The third kappa shape index (κ3) is 5.27. The maximum atomic E-state index is 13.5. The summed E-state index contributed by atoms with van der Waals surface area (Å²) >= 11 is 3.48. The summed E-state index contributed by atoms with van der Waals surface area (Å²) in [4.78, 5) is 22.7. The molecule has 8 heteroatoms. The molecule has 0 fully saturated rings. The van der Waals surface area contributed by atoms with E-state index in [1.165, 1.54) is 5.56 Å². The molecule has 4 aromatic rings. The average Bonchev–Trinajstić information content (AvgIpc) is 3.10. The van der Waals surface area contributed by atoms with Gasteiger partial charge < -0.3 is 10.1 Å². The van der Waals surface area contributed by atoms with Crippen LogP contribution >= 0.6 is 15.9 Å². The molecular formula is C25H28BrN5O2. The van der Waals surface area contributed by atoms with E-state index in [0.29, 0.717) is 24.7 Å². The Morgan fingerprint density at radius 2 is 1.61 bits per heavy atom. The largest absolute Gasteiger partial charge is 0.497 e. The first-order valence-corrected chi connectivity index (χ1v) is 12.2. The molecule has 0 radical (unpaired) electrons. The minimum absolute atomic E-state index is 0.106. The molecule has 0 aliphatic heterocycles. The van der Waals surface area contributed by atoms with Crippen molar-refractivity contribution in [2.45, 2.75) is 38.2 Å². The molecule has 1 N–H and O–H groups in total. The van der Waals surface area contributed by atoms with Gasteiger partial charge in [-0.05, 0) is 35.2 Å². The molecule has 0 aliphatic rings. The maximum Gasteiger partial charge on any atom is 0.331 e. The smallest absolute Gasteiger partial charge is 0.331 e. The quantitative estimate of drug-likeness (QED) is 0.245. The molecule has 0 aliphatic carbocycles. The first-order chi connectivity index (χ1) is 16.1. The summed E-state index contributed by atoms with van der Waals surface area (Å²) < 4.78 is 8.73. The number of unbranched alkanes of at least 4 members (excludes halogenated alkanes) is 1. The first-order valence-electron chi connectivity index (χ1n) is 11.1. The van der Waals surface area contributed by atoms with Crippen molar-refractivity contribution in [2.24, 2.45) is 0 Å². The lowest BCUT2D eigenvalue weighted by Gasteiger charge is -2.06. The van der Waals surface area contributed by atoms with Crippen LogP contribution < -0.4 is 15.7 Å². The molecule has 0 saturated heterocycles. The van der Waals surface area contributed by atoms with E-state index >= 15 is 0 Å². The lowest BCUT2D eigenvalue weighted by molar-refractivity contribution is 0.414. The minimum atomic E-state index is -0.106. The van der Waals surface area contributed by atoms with Gasteiger partial charge in [0.25, 0.3) is 0 Å². The van der Waals surface area contributed by atoms with Crippen LogP contribution in [0.2, 0.25) is 0 Å². The van der Waals surface area contributed by atoms with Gasteiger partial charge in [-0.15, -0.1) is 0 Å². The highest BCUT2D eigenvalue weighted by Gasteiger charge is 2.17. The molecule has 33 heavy (non-hydrogen) atoms. The van der Waals surface area contributed by atoms with Crippen molar-refractivity contribution in [2.75, 3.05) is 19.0 Å². The Morgan fingerprint density at radius 1 is 0.970 bits per heavy atom. The number of benzene rings is 2. The van der Waals surface area contributed by atoms with Crippen LogP contribution in [0.1, 0.15) is 36.5 Å². The summed E-state index contributed by atoms with van der Waals surface area (Å²) in [5.41, 5.74) is 4.48. The third-order valence-corrected chi connectivity index (χ3v) is 6.24. The fourth-order valence-corrected chi connectivity index (χ4v) is 4.06. The fraction of sp³-hybridized carbons (Fsp3) is 0.320. The van der Waals surface area contributed by atoms with Gasteiger partial charge in [-0.3, -0.25) is 9.13 Å². The highest BCUT2D eigenvalue weighted by molar-refractivity contribution is 9.08. The van der Waals surface area contributed by atoms with Crippen molar-refractivity contribution >= 4 is 33.0 Å². The summed E-state index contributed by atoms with van der Waals surface area (Å²) in [6.45, 7) is 3.81. The van der Waals surface area contributed by atoms with Gasteiger partial charge in [0.15, 0.2) is 5.65 Å². The van der Waals surface area contributed by atoms with E-state index in [0.717, 1.165) is 47.1 Å². The number of alkyl halides is 1. The number of nitrogens with zero attached hydrogens (tertiary/aromatic N) is 4. The highest BCUT2D eigenvalue weighted by atomic mass is 79.9. The molecule has 0 unspecified atom stereocenters. The summed E-state index contributed by atoms with van der Waals surface area (Å²) in [6.07, 6.45) is 3.86. The van der Waals surface area contributed by atoms with E-state index in [1.54, 1.807) is 22.4 Å². The number of hydrogen-bond acceptors (Lipinski definition) is 5. The molecule has 2 heterocycles. The van der Waals surface area contributed by atoms with Crippen LogP contribution in [0.25, 0.3) is 11.2 Å².